The standard InChI is InChI=1S/C20H19N3O2S/c1-12-6-2-5-9-15(12)23-19(25)16(18(24)22-20(23)26)17-14-8-4-3-7-13(14)10-11-21-17/h2-9,17,21,25H,10-11H2,1H3,(H,22,24,26). The fourth-order valence-electron chi connectivity index (χ4n) is 3.60. The summed E-state index contributed by atoms with van der Waals surface area (Å²) in [5.41, 5.74) is 3.80. The molecule has 0 saturated heterocycles. The van der Waals surface area contributed by atoms with Crippen LogP contribution in [0.5, 0.6) is 5.88 Å². The molecule has 26 heavy (non-hydrogen) atoms. The van der Waals surface area contributed by atoms with Crippen LogP contribution in [0.1, 0.15) is 28.3 Å². The van der Waals surface area contributed by atoms with Gasteiger partial charge in [0.15, 0.2) is 4.77 Å². The Labute approximate surface area is 156 Å². The third kappa shape index (κ3) is 2.67. The molecular weight excluding hydrogens is 346 g/mol. The molecule has 0 amide bonds. The second-order valence-electron chi connectivity index (χ2n) is 6.45. The maximum absolute atomic E-state index is 12.7. The molecule has 132 valence electrons. The summed E-state index contributed by atoms with van der Waals surface area (Å²) in [5.74, 6) is -0.123. The molecule has 4 rings (SSSR count). The molecule has 0 fully saturated rings. The number of aromatic amines is 1. The number of aromatic nitrogens is 2. The van der Waals surface area contributed by atoms with Crippen molar-refractivity contribution in [2.45, 2.75) is 19.4 Å². The molecule has 1 aromatic heterocycles. The van der Waals surface area contributed by atoms with Crippen molar-refractivity contribution in [1.29, 1.82) is 0 Å². The fourth-order valence-corrected chi connectivity index (χ4v) is 3.88. The maximum Gasteiger partial charge on any atom is 0.260 e. The van der Waals surface area contributed by atoms with Gasteiger partial charge in [0.25, 0.3) is 5.56 Å². The van der Waals surface area contributed by atoms with Gasteiger partial charge in [-0.25, -0.2) is 0 Å². The zero-order valence-corrected chi connectivity index (χ0v) is 15.1. The number of para-hydroxylation sites is 1. The number of nitrogens with zero attached hydrogens (tertiary/aromatic N) is 1. The number of hydrogen-bond donors (Lipinski definition) is 3. The van der Waals surface area contributed by atoms with Crippen molar-refractivity contribution < 1.29 is 5.11 Å². The van der Waals surface area contributed by atoms with Crippen molar-refractivity contribution >= 4 is 12.2 Å². The monoisotopic (exact) mass is 365 g/mol. The average molecular weight is 365 g/mol. The second kappa shape index (κ2) is 6.55. The molecule has 5 nitrogen and oxygen atoms in total. The first-order chi connectivity index (χ1) is 12.6. The first-order valence-corrected chi connectivity index (χ1v) is 8.94. The summed E-state index contributed by atoms with van der Waals surface area (Å²) in [6.45, 7) is 2.68. The molecule has 1 unspecified atom stereocenters. The highest BCUT2D eigenvalue weighted by molar-refractivity contribution is 7.71. The molecule has 0 bridgehead atoms. The largest absolute Gasteiger partial charge is 0.494 e. The van der Waals surface area contributed by atoms with Crippen molar-refractivity contribution in [3.05, 3.63) is 85.9 Å². The van der Waals surface area contributed by atoms with Gasteiger partial charge in [0.05, 0.1) is 17.3 Å². The van der Waals surface area contributed by atoms with Crippen molar-refractivity contribution in [3.63, 3.8) is 0 Å². The SMILES string of the molecule is Cc1ccccc1-n1c(O)c(C2NCCc3ccccc32)c(=O)[nH]c1=S. The van der Waals surface area contributed by atoms with E-state index in [4.69, 9.17) is 12.2 Å². The van der Waals surface area contributed by atoms with Crippen LogP contribution in [0.15, 0.2) is 53.3 Å². The lowest BCUT2D eigenvalue weighted by Gasteiger charge is -2.28. The van der Waals surface area contributed by atoms with Crippen LogP contribution in [0.3, 0.4) is 0 Å². The van der Waals surface area contributed by atoms with E-state index in [2.05, 4.69) is 16.4 Å². The summed E-state index contributed by atoms with van der Waals surface area (Å²) in [6, 6.07) is 15.2. The van der Waals surface area contributed by atoms with E-state index in [9.17, 15) is 9.90 Å². The first kappa shape index (κ1) is 16.8. The highest BCUT2D eigenvalue weighted by Gasteiger charge is 2.28. The van der Waals surface area contributed by atoms with Gasteiger partial charge in [0.1, 0.15) is 0 Å². The summed E-state index contributed by atoms with van der Waals surface area (Å²) in [6.07, 6.45) is 0.891. The van der Waals surface area contributed by atoms with E-state index >= 15 is 0 Å². The Kier molecular flexibility index (Phi) is 4.22. The molecule has 3 aromatic rings. The molecule has 0 radical (unpaired) electrons. The lowest BCUT2D eigenvalue weighted by atomic mass is 9.90. The number of rotatable bonds is 2. The Morgan fingerprint density at radius 3 is 2.69 bits per heavy atom. The number of H-pyrrole nitrogens is 1. The number of aryl methyl sites for hydroxylation is 1. The Bertz CT molecular complexity index is 1100. The number of benzene rings is 2. The third-order valence-electron chi connectivity index (χ3n) is 4.87. The Morgan fingerprint density at radius 1 is 1.15 bits per heavy atom. The molecule has 6 heteroatoms. The van der Waals surface area contributed by atoms with E-state index in [0.29, 0.717) is 0 Å². The Morgan fingerprint density at radius 2 is 1.88 bits per heavy atom. The highest BCUT2D eigenvalue weighted by atomic mass is 32.1. The summed E-state index contributed by atoms with van der Waals surface area (Å²) in [5, 5.41) is 14.4. The second-order valence-corrected chi connectivity index (χ2v) is 6.84. The van der Waals surface area contributed by atoms with E-state index in [0.717, 1.165) is 29.8 Å². The Balaban J connectivity index is 1.98. The van der Waals surface area contributed by atoms with Crippen LogP contribution in [0.4, 0.5) is 0 Å². The van der Waals surface area contributed by atoms with E-state index in [1.54, 1.807) is 0 Å². The Hall–Kier alpha value is -2.70. The molecule has 1 aliphatic heterocycles. The van der Waals surface area contributed by atoms with Crippen LogP contribution < -0.4 is 10.9 Å². The quantitative estimate of drug-likeness (QED) is 0.610. The van der Waals surface area contributed by atoms with Crippen molar-refractivity contribution in [2.24, 2.45) is 0 Å². The molecule has 0 saturated carbocycles. The molecule has 0 aliphatic carbocycles. The van der Waals surface area contributed by atoms with Crippen molar-refractivity contribution in [1.82, 2.24) is 14.9 Å². The van der Waals surface area contributed by atoms with Gasteiger partial charge in [-0.15, -0.1) is 0 Å². The van der Waals surface area contributed by atoms with E-state index < -0.39 is 0 Å². The lowest BCUT2D eigenvalue weighted by molar-refractivity contribution is 0.412. The highest BCUT2D eigenvalue weighted by Crippen LogP contribution is 2.32. The molecular formula is C20H19N3O2S. The van der Waals surface area contributed by atoms with Gasteiger partial charge < -0.3 is 10.4 Å². The van der Waals surface area contributed by atoms with Gasteiger partial charge in [-0.1, -0.05) is 42.5 Å². The number of aromatic hydroxyl groups is 1. The van der Waals surface area contributed by atoms with Crippen molar-refractivity contribution in [3.8, 4) is 11.6 Å². The van der Waals surface area contributed by atoms with Crippen LogP contribution >= 0.6 is 12.2 Å². The van der Waals surface area contributed by atoms with Gasteiger partial charge in [-0.3, -0.25) is 14.3 Å². The zero-order chi connectivity index (χ0) is 18.3. The number of fused-ring (bicyclic) bond motifs is 1. The predicted octanol–water partition coefficient (Wildman–Crippen LogP) is 3.14. The van der Waals surface area contributed by atoms with Gasteiger partial charge >= 0.3 is 0 Å². The van der Waals surface area contributed by atoms with Crippen LogP contribution in [-0.4, -0.2) is 21.2 Å². The van der Waals surface area contributed by atoms with Crippen molar-refractivity contribution in [2.75, 3.05) is 6.54 Å². The molecule has 1 atom stereocenters. The zero-order valence-electron chi connectivity index (χ0n) is 14.3. The molecule has 3 N–H and O–H groups in total. The van der Waals surface area contributed by atoms with E-state index in [-0.39, 0.29) is 27.8 Å². The maximum atomic E-state index is 12.7. The van der Waals surface area contributed by atoms with E-state index in [1.807, 2.05) is 49.4 Å². The van der Waals surface area contributed by atoms with Crippen LogP contribution in [0, 0.1) is 11.7 Å². The van der Waals surface area contributed by atoms with Crippen LogP contribution in [0.25, 0.3) is 5.69 Å². The number of nitrogens with one attached hydrogen (secondary N) is 2. The minimum atomic E-state index is -0.380. The third-order valence-corrected chi connectivity index (χ3v) is 5.16. The summed E-state index contributed by atoms with van der Waals surface area (Å²) >= 11 is 5.33. The summed E-state index contributed by atoms with van der Waals surface area (Å²) in [4.78, 5) is 15.4. The smallest absolute Gasteiger partial charge is 0.260 e. The van der Waals surface area contributed by atoms with Crippen LogP contribution in [-0.2, 0) is 6.42 Å². The first-order valence-electron chi connectivity index (χ1n) is 8.53. The molecule has 1 aliphatic rings. The van der Waals surface area contributed by atoms with Gasteiger partial charge in [-0.2, -0.15) is 0 Å². The normalized spacial score (nSPS) is 16.3. The molecule has 0 spiro atoms. The molecule has 2 heterocycles. The fraction of sp³-hybridized carbons (Fsp3) is 0.200. The minimum absolute atomic E-state index is 0.123. The van der Waals surface area contributed by atoms with Gasteiger partial charge in [-0.05, 0) is 48.3 Å². The lowest BCUT2D eigenvalue weighted by Crippen LogP contribution is -2.35. The topological polar surface area (TPSA) is 70.0 Å². The number of hydrogen-bond acceptors (Lipinski definition) is 4. The minimum Gasteiger partial charge on any atom is -0.494 e. The van der Waals surface area contributed by atoms with E-state index in [1.165, 1.54) is 10.1 Å². The van der Waals surface area contributed by atoms with Crippen LogP contribution in [0.2, 0.25) is 0 Å². The average Bonchev–Trinajstić information content (AvgIpc) is 2.63. The molecule has 2 aromatic carbocycles. The summed E-state index contributed by atoms with van der Waals surface area (Å²) < 4.78 is 1.70. The predicted molar refractivity (Wildman–Crippen MR) is 104 cm³/mol. The van der Waals surface area contributed by atoms with Gasteiger partial charge in [0, 0.05) is 6.54 Å². The summed E-state index contributed by atoms with van der Waals surface area (Å²) in [7, 11) is 0. The van der Waals surface area contributed by atoms with Gasteiger partial charge in [0.2, 0.25) is 5.88 Å².